The van der Waals surface area contributed by atoms with Crippen LogP contribution in [-0.4, -0.2) is 13.0 Å². The molecule has 0 unspecified atom stereocenters. The standard InChI is InChI=1S/C16H15NO2/c1-3-12-10-7-11-14(19-2)15(12)17-16(18)13-8-5-4-6-9-13/h3-11H,1H2,2H3,(H,17,18). The van der Waals surface area contributed by atoms with E-state index in [4.69, 9.17) is 4.74 Å². The van der Waals surface area contributed by atoms with Crippen molar-refractivity contribution in [2.45, 2.75) is 0 Å². The topological polar surface area (TPSA) is 38.3 Å². The van der Waals surface area contributed by atoms with Crippen molar-refractivity contribution < 1.29 is 9.53 Å². The van der Waals surface area contributed by atoms with Crippen molar-refractivity contribution in [2.24, 2.45) is 0 Å². The first-order chi connectivity index (χ1) is 9.26. The fourth-order valence-corrected chi connectivity index (χ4v) is 1.80. The first-order valence-corrected chi connectivity index (χ1v) is 5.92. The Balaban J connectivity index is 2.33. The lowest BCUT2D eigenvalue weighted by Gasteiger charge is -2.13. The van der Waals surface area contributed by atoms with Gasteiger partial charge in [0.2, 0.25) is 0 Å². The first-order valence-electron chi connectivity index (χ1n) is 5.92. The van der Waals surface area contributed by atoms with Crippen LogP contribution in [0.15, 0.2) is 55.1 Å². The summed E-state index contributed by atoms with van der Waals surface area (Å²) in [5.41, 5.74) is 2.06. The summed E-state index contributed by atoms with van der Waals surface area (Å²) in [5, 5.41) is 2.86. The number of hydrogen-bond donors (Lipinski definition) is 1. The van der Waals surface area contributed by atoms with Gasteiger partial charge in [0.15, 0.2) is 0 Å². The van der Waals surface area contributed by atoms with E-state index in [9.17, 15) is 4.79 Å². The molecule has 1 amide bonds. The summed E-state index contributed by atoms with van der Waals surface area (Å²) in [7, 11) is 1.57. The van der Waals surface area contributed by atoms with Crippen LogP contribution < -0.4 is 10.1 Å². The van der Waals surface area contributed by atoms with Gasteiger partial charge in [-0.2, -0.15) is 0 Å². The number of anilines is 1. The van der Waals surface area contributed by atoms with Gasteiger partial charge in [-0.15, -0.1) is 0 Å². The van der Waals surface area contributed by atoms with Crippen molar-refractivity contribution in [1.29, 1.82) is 0 Å². The van der Waals surface area contributed by atoms with Crippen LogP contribution in [0.5, 0.6) is 5.75 Å². The van der Waals surface area contributed by atoms with Crippen molar-refractivity contribution in [3.8, 4) is 5.75 Å². The molecule has 2 aromatic rings. The SMILES string of the molecule is C=Cc1cccc(OC)c1NC(=O)c1ccccc1. The molecular formula is C16H15NO2. The lowest BCUT2D eigenvalue weighted by atomic mass is 10.1. The Bertz CT molecular complexity index is 591. The fraction of sp³-hybridized carbons (Fsp3) is 0.0625. The second kappa shape index (κ2) is 5.87. The van der Waals surface area contributed by atoms with Crippen molar-refractivity contribution in [2.75, 3.05) is 12.4 Å². The summed E-state index contributed by atoms with van der Waals surface area (Å²) in [6, 6.07) is 14.6. The van der Waals surface area contributed by atoms with Gasteiger partial charge in [0.25, 0.3) is 5.91 Å². The molecule has 0 fully saturated rings. The molecule has 0 atom stereocenters. The van der Waals surface area contributed by atoms with Crippen LogP contribution in [0.1, 0.15) is 15.9 Å². The Kier molecular flexibility index (Phi) is 3.98. The van der Waals surface area contributed by atoms with Crippen molar-refractivity contribution in [1.82, 2.24) is 0 Å². The van der Waals surface area contributed by atoms with Gasteiger partial charge in [-0.25, -0.2) is 0 Å². The predicted molar refractivity (Wildman–Crippen MR) is 77.5 cm³/mol. The van der Waals surface area contributed by atoms with E-state index >= 15 is 0 Å². The Labute approximate surface area is 112 Å². The Hall–Kier alpha value is -2.55. The molecule has 96 valence electrons. The van der Waals surface area contributed by atoms with E-state index in [0.29, 0.717) is 17.0 Å². The molecule has 0 aliphatic rings. The third-order valence-electron chi connectivity index (χ3n) is 2.77. The summed E-state index contributed by atoms with van der Waals surface area (Å²) < 4.78 is 5.26. The number of nitrogens with one attached hydrogen (secondary N) is 1. The number of rotatable bonds is 4. The summed E-state index contributed by atoms with van der Waals surface area (Å²) in [4.78, 5) is 12.1. The highest BCUT2D eigenvalue weighted by Gasteiger charge is 2.11. The summed E-state index contributed by atoms with van der Waals surface area (Å²) in [5.74, 6) is 0.440. The summed E-state index contributed by atoms with van der Waals surface area (Å²) in [6.07, 6.45) is 1.68. The van der Waals surface area contributed by atoms with E-state index in [1.165, 1.54) is 0 Å². The predicted octanol–water partition coefficient (Wildman–Crippen LogP) is 3.59. The monoisotopic (exact) mass is 253 g/mol. The van der Waals surface area contributed by atoms with E-state index in [1.54, 1.807) is 31.4 Å². The second-order valence-electron chi connectivity index (χ2n) is 3.95. The van der Waals surface area contributed by atoms with E-state index in [-0.39, 0.29) is 5.91 Å². The number of para-hydroxylation sites is 1. The van der Waals surface area contributed by atoms with E-state index < -0.39 is 0 Å². The van der Waals surface area contributed by atoms with Crippen LogP contribution in [0, 0.1) is 0 Å². The first kappa shape index (κ1) is 12.9. The third-order valence-corrected chi connectivity index (χ3v) is 2.77. The molecule has 19 heavy (non-hydrogen) atoms. The lowest BCUT2D eigenvalue weighted by Crippen LogP contribution is -2.13. The zero-order valence-electron chi connectivity index (χ0n) is 10.7. The summed E-state index contributed by atoms with van der Waals surface area (Å²) in [6.45, 7) is 3.74. The summed E-state index contributed by atoms with van der Waals surface area (Å²) >= 11 is 0. The molecule has 0 bridgehead atoms. The molecule has 0 aromatic heterocycles. The average molecular weight is 253 g/mol. The van der Waals surface area contributed by atoms with E-state index in [0.717, 1.165) is 5.56 Å². The minimum absolute atomic E-state index is 0.173. The second-order valence-corrected chi connectivity index (χ2v) is 3.95. The number of benzene rings is 2. The van der Waals surface area contributed by atoms with Crippen LogP contribution in [0.4, 0.5) is 5.69 Å². The number of ether oxygens (including phenoxy) is 1. The Morgan fingerprint density at radius 1 is 1.16 bits per heavy atom. The van der Waals surface area contributed by atoms with Gasteiger partial charge in [-0.1, -0.05) is 43.0 Å². The highest BCUT2D eigenvalue weighted by Crippen LogP contribution is 2.29. The van der Waals surface area contributed by atoms with Gasteiger partial charge < -0.3 is 10.1 Å². The lowest BCUT2D eigenvalue weighted by molar-refractivity contribution is 0.102. The minimum Gasteiger partial charge on any atom is -0.495 e. The smallest absolute Gasteiger partial charge is 0.255 e. The van der Waals surface area contributed by atoms with E-state index in [2.05, 4.69) is 11.9 Å². The normalized spacial score (nSPS) is 9.74. The molecule has 0 radical (unpaired) electrons. The molecule has 3 heteroatoms. The molecule has 3 nitrogen and oxygen atoms in total. The van der Waals surface area contributed by atoms with Crippen molar-refractivity contribution in [3.05, 3.63) is 66.2 Å². The largest absolute Gasteiger partial charge is 0.495 e. The van der Waals surface area contributed by atoms with Gasteiger partial charge in [-0.3, -0.25) is 4.79 Å². The number of carbonyl (C=O) groups excluding carboxylic acids is 1. The molecule has 0 saturated carbocycles. The van der Waals surface area contributed by atoms with Gasteiger partial charge in [-0.05, 0) is 18.2 Å². The molecule has 2 rings (SSSR count). The van der Waals surface area contributed by atoms with Gasteiger partial charge in [0.1, 0.15) is 5.75 Å². The maximum Gasteiger partial charge on any atom is 0.255 e. The highest BCUT2D eigenvalue weighted by atomic mass is 16.5. The molecular weight excluding hydrogens is 238 g/mol. The van der Waals surface area contributed by atoms with Crippen molar-refractivity contribution >= 4 is 17.7 Å². The molecule has 0 aliphatic heterocycles. The molecule has 0 saturated heterocycles. The number of carbonyl (C=O) groups is 1. The van der Waals surface area contributed by atoms with Gasteiger partial charge in [0.05, 0.1) is 12.8 Å². The Morgan fingerprint density at radius 2 is 1.89 bits per heavy atom. The third kappa shape index (κ3) is 2.83. The fourth-order valence-electron chi connectivity index (χ4n) is 1.80. The van der Waals surface area contributed by atoms with Crippen LogP contribution in [-0.2, 0) is 0 Å². The van der Waals surface area contributed by atoms with Crippen molar-refractivity contribution in [3.63, 3.8) is 0 Å². The number of amides is 1. The number of hydrogen-bond acceptors (Lipinski definition) is 2. The van der Waals surface area contributed by atoms with Gasteiger partial charge in [0, 0.05) is 11.1 Å². The van der Waals surface area contributed by atoms with Crippen LogP contribution in [0.3, 0.4) is 0 Å². The molecule has 2 aromatic carbocycles. The molecule has 0 aliphatic carbocycles. The molecule has 1 N–H and O–H groups in total. The quantitative estimate of drug-likeness (QED) is 0.904. The number of methoxy groups -OCH3 is 1. The maximum absolute atomic E-state index is 12.1. The zero-order valence-corrected chi connectivity index (χ0v) is 10.7. The Morgan fingerprint density at radius 3 is 2.53 bits per heavy atom. The molecule has 0 spiro atoms. The maximum atomic E-state index is 12.1. The van der Waals surface area contributed by atoms with E-state index in [1.807, 2.05) is 30.3 Å². The minimum atomic E-state index is -0.173. The average Bonchev–Trinajstić information content (AvgIpc) is 2.48. The zero-order chi connectivity index (χ0) is 13.7. The molecule has 0 heterocycles. The highest BCUT2D eigenvalue weighted by molar-refractivity contribution is 6.06. The van der Waals surface area contributed by atoms with Crippen LogP contribution >= 0.6 is 0 Å². The van der Waals surface area contributed by atoms with Gasteiger partial charge >= 0.3 is 0 Å². The van der Waals surface area contributed by atoms with Crippen LogP contribution in [0.25, 0.3) is 6.08 Å². The van der Waals surface area contributed by atoms with Crippen LogP contribution in [0.2, 0.25) is 0 Å².